The second-order valence-electron chi connectivity index (χ2n) is 5.14. The van der Waals surface area contributed by atoms with Crippen molar-refractivity contribution in [3.63, 3.8) is 0 Å². The summed E-state index contributed by atoms with van der Waals surface area (Å²) in [5, 5.41) is 3.38. The van der Waals surface area contributed by atoms with Crippen LogP contribution in [-0.2, 0) is 0 Å². The normalized spacial score (nSPS) is 10.5. The van der Waals surface area contributed by atoms with Crippen molar-refractivity contribution in [2.45, 2.75) is 0 Å². The molecule has 0 radical (unpaired) electrons. The Hall–Kier alpha value is -2.99. The topological polar surface area (TPSA) is 77.8 Å². The molecule has 0 saturated heterocycles. The van der Waals surface area contributed by atoms with Crippen molar-refractivity contribution in [3.05, 3.63) is 63.5 Å². The first-order chi connectivity index (χ1) is 12.0. The number of carbonyl (C=O) groups excluding carboxylic acids is 1. The molecule has 0 aliphatic rings. The van der Waals surface area contributed by atoms with E-state index in [-0.39, 0.29) is 16.8 Å². The number of anilines is 1. The molecule has 2 aromatic carbocycles. The first kappa shape index (κ1) is 16.9. The average Bonchev–Trinajstić information content (AvgIpc) is 2.62. The van der Waals surface area contributed by atoms with Crippen molar-refractivity contribution in [1.29, 1.82) is 0 Å². The summed E-state index contributed by atoms with van der Waals surface area (Å²) in [6.45, 7) is 0. The Bertz CT molecular complexity index is 1010. The van der Waals surface area contributed by atoms with E-state index < -0.39 is 5.91 Å². The standard InChI is InChI=1S/C18H14ClNO5/c1-23-11-4-6-16(24-2)13(8-11)20-18(22)17-9-14(21)12-7-10(19)3-5-15(12)25-17/h3-9H,1-2H3,(H,20,22). The minimum absolute atomic E-state index is 0.121. The maximum atomic E-state index is 12.5. The first-order valence-corrected chi connectivity index (χ1v) is 7.66. The first-order valence-electron chi connectivity index (χ1n) is 7.28. The number of hydrogen-bond acceptors (Lipinski definition) is 5. The Balaban J connectivity index is 1.98. The molecule has 3 rings (SSSR count). The van der Waals surface area contributed by atoms with Gasteiger partial charge in [0, 0.05) is 17.2 Å². The van der Waals surface area contributed by atoms with Gasteiger partial charge in [-0.25, -0.2) is 0 Å². The lowest BCUT2D eigenvalue weighted by Crippen LogP contribution is -2.15. The van der Waals surface area contributed by atoms with Crippen molar-refractivity contribution < 1.29 is 18.7 Å². The van der Waals surface area contributed by atoms with E-state index in [1.54, 1.807) is 30.3 Å². The lowest BCUT2D eigenvalue weighted by Gasteiger charge is -2.11. The van der Waals surface area contributed by atoms with E-state index in [4.69, 9.17) is 25.5 Å². The van der Waals surface area contributed by atoms with Gasteiger partial charge in [0.15, 0.2) is 11.2 Å². The van der Waals surface area contributed by atoms with Gasteiger partial charge in [-0.15, -0.1) is 0 Å². The van der Waals surface area contributed by atoms with Gasteiger partial charge in [-0.05, 0) is 30.3 Å². The minimum Gasteiger partial charge on any atom is -0.497 e. The summed E-state index contributed by atoms with van der Waals surface area (Å²) in [4.78, 5) is 24.7. The molecule has 25 heavy (non-hydrogen) atoms. The summed E-state index contributed by atoms with van der Waals surface area (Å²) < 4.78 is 15.9. The van der Waals surface area contributed by atoms with Crippen molar-refractivity contribution >= 4 is 34.2 Å². The maximum Gasteiger partial charge on any atom is 0.291 e. The quantitative estimate of drug-likeness (QED) is 0.768. The Kier molecular flexibility index (Phi) is 4.63. The largest absolute Gasteiger partial charge is 0.497 e. The molecule has 128 valence electrons. The SMILES string of the molecule is COc1ccc(OC)c(NC(=O)c2cc(=O)c3cc(Cl)ccc3o2)c1. The lowest BCUT2D eigenvalue weighted by atomic mass is 10.2. The molecule has 1 N–H and O–H groups in total. The van der Waals surface area contributed by atoms with Crippen LogP contribution in [0, 0.1) is 0 Å². The maximum absolute atomic E-state index is 12.5. The van der Waals surface area contributed by atoms with Crippen molar-refractivity contribution in [2.24, 2.45) is 0 Å². The van der Waals surface area contributed by atoms with Gasteiger partial charge in [0.05, 0.1) is 25.3 Å². The zero-order chi connectivity index (χ0) is 18.0. The van der Waals surface area contributed by atoms with E-state index in [0.29, 0.717) is 27.6 Å². The van der Waals surface area contributed by atoms with Gasteiger partial charge < -0.3 is 19.2 Å². The van der Waals surface area contributed by atoms with Gasteiger partial charge in [-0.1, -0.05) is 11.6 Å². The van der Waals surface area contributed by atoms with E-state index in [0.717, 1.165) is 6.07 Å². The molecule has 0 saturated carbocycles. The van der Waals surface area contributed by atoms with Gasteiger partial charge >= 0.3 is 0 Å². The number of amides is 1. The highest BCUT2D eigenvalue weighted by molar-refractivity contribution is 6.31. The highest BCUT2D eigenvalue weighted by Crippen LogP contribution is 2.29. The summed E-state index contributed by atoms with van der Waals surface area (Å²) in [5.74, 6) is 0.292. The van der Waals surface area contributed by atoms with Crippen LogP contribution < -0.4 is 20.2 Å². The number of fused-ring (bicyclic) bond motifs is 1. The molecule has 1 heterocycles. The van der Waals surface area contributed by atoms with Crippen LogP contribution in [0.15, 0.2) is 51.7 Å². The fraction of sp³-hybridized carbons (Fsp3) is 0.111. The number of hydrogen-bond donors (Lipinski definition) is 1. The van der Waals surface area contributed by atoms with Gasteiger partial charge in [-0.2, -0.15) is 0 Å². The van der Waals surface area contributed by atoms with Crippen LogP contribution in [0.25, 0.3) is 11.0 Å². The van der Waals surface area contributed by atoms with E-state index in [1.165, 1.54) is 20.3 Å². The number of rotatable bonds is 4. The monoisotopic (exact) mass is 359 g/mol. The van der Waals surface area contributed by atoms with E-state index in [1.807, 2.05) is 0 Å². The van der Waals surface area contributed by atoms with Crippen LogP contribution in [0.2, 0.25) is 5.02 Å². The van der Waals surface area contributed by atoms with Gasteiger partial charge in [0.2, 0.25) is 0 Å². The second kappa shape index (κ2) is 6.86. The number of methoxy groups -OCH3 is 2. The fourth-order valence-electron chi connectivity index (χ4n) is 2.34. The predicted molar refractivity (Wildman–Crippen MR) is 95.0 cm³/mol. The van der Waals surface area contributed by atoms with Crippen LogP contribution in [-0.4, -0.2) is 20.1 Å². The summed E-state index contributed by atoms with van der Waals surface area (Å²) in [5.41, 5.74) is 0.317. The predicted octanol–water partition coefficient (Wildman–Crippen LogP) is 3.72. The zero-order valence-corrected chi connectivity index (χ0v) is 14.2. The van der Waals surface area contributed by atoms with Gasteiger partial charge in [0.25, 0.3) is 5.91 Å². The van der Waals surface area contributed by atoms with Crippen LogP contribution in [0.5, 0.6) is 11.5 Å². The lowest BCUT2D eigenvalue weighted by molar-refractivity contribution is 0.0997. The molecule has 0 spiro atoms. The third-order valence-corrected chi connectivity index (χ3v) is 3.80. The van der Waals surface area contributed by atoms with Crippen molar-refractivity contribution in [3.8, 4) is 11.5 Å². The van der Waals surface area contributed by atoms with E-state index >= 15 is 0 Å². The molecule has 6 nitrogen and oxygen atoms in total. The molecule has 0 unspecified atom stereocenters. The second-order valence-corrected chi connectivity index (χ2v) is 5.57. The summed E-state index contributed by atoms with van der Waals surface area (Å²) in [6, 6.07) is 10.7. The fourth-order valence-corrected chi connectivity index (χ4v) is 2.51. The highest BCUT2D eigenvalue weighted by Gasteiger charge is 2.15. The van der Waals surface area contributed by atoms with Crippen LogP contribution in [0.1, 0.15) is 10.6 Å². The molecule has 0 aliphatic heterocycles. The minimum atomic E-state index is -0.583. The number of carbonyl (C=O) groups is 1. The van der Waals surface area contributed by atoms with E-state index in [9.17, 15) is 9.59 Å². The van der Waals surface area contributed by atoms with Crippen LogP contribution in [0.3, 0.4) is 0 Å². The zero-order valence-electron chi connectivity index (χ0n) is 13.5. The smallest absolute Gasteiger partial charge is 0.291 e. The van der Waals surface area contributed by atoms with Gasteiger partial charge in [0.1, 0.15) is 17.1 Å². The molecule has 0 aliphatic carbocycles. The Morgan fingerprint density at radius 2 is 1.88 bits per heavy atom. The highest BCUT2D eigenvalue weighted by atomic mass is 35.5. The number of halogens is 1. The summed E-state index contributed by atoms with van der Waals surface area (Å²) in [6.07, 6.45) is 0. The van der Waals surface area contributed by atoms with E-state index in [2.05, 4.69) is 5.32 Å². The Morgan fingerprint density at radius 3 is 2.60 bits per heavy atom. The Morgan fingerprint density at radius 1 is 1.08 bits per heavy atom. The summed E-state index contributed by atoms with van der Waals surface area (Å²) >= 11 is 5.88. The summed E-state index contributed by atoms with van der Waals surface area (Å²) in [7, 11) is 3.00. The molecule has 7 heteroatoms. The number of ether oxygens (including phenoxy) is 2. The van der Waals surface area contributed by atoms with Gasteiger partial charge in [-0.3, -0.25) is 9.59 Å². The molecule has 0 fully saturated rings. The Labute approximate surface area is 147 Å². The molecule has 0 atom stereocenters. The van der Waals surface area contributed by atoms with Crippen LogP contribution in [0.4, 0.5) is 5.69 Å². The molecule has 1 aromatic heterocycles. The van der Waals surface area contributed by atoms with Crippen molar-refractivity contribution in [2.75, 3.05) is 19.5 Å². The number of benzene rings is 2. The van der Waals surface area contributed by atoms with Crippen molar-refractivity contribution in [1.82, 2.24) is 0 Å². The molecule has 0 bridgehead atoms. The third-order valence-electron chi connectivity index (χ3n) is 3.57. The third kappa shape index (κ3) is 3.44. The molecular formula is C18H14ClNO5. The molecule has 3 aromatic rings. The van der Waals surface area contributed by atoms with Crippen LogP contribution >= 0.6 is 11.6 Å². The average molecular weight is 360 g/mol. The molecular weight excluding hydrogens is 346 g/mol. The molecule has 1 amide bonds. The number of nitrogens with one attached hydrogen (secondary N) is 1.